The van der Waals surface area contributed by atoms with Crippen molar-refractivity contribution in [2.75, 3.05) is 0 Å². The fraction of sp³-hybridized carbons (Fsp3) is 0.250. The molecule has 0 bridgehead atoms. The zero-order valence-corrected chi connectivity index (χ0v) is 9.33. The molecule has 3 rings (SSSR count). The van der Waals surface area contributed by atoms with Gasteiger partial charge < -0.3 is 9.47 Å². The first-order valence-electron chi connectivity index (χ1n) is 5.07. The molecule has 0 saturated carbocycles. The van der Waals surface area contributed by atoms with Crippen LogP contribution in [0.5, 0.6) is 0 Å². The fourth-order valence-corrected chi connectivity index (χ4v) is 2.51. The molecule has 0 amide bonds. The second-order valence-electron chi connectivity index (χ2n) is 3.89. The van der Waals surface area contributed by atoms with Crippen LogP contribution in [0.25, 0.3) is 5.57 Å². The minimum atomic E-state index is -0.790. The van der Waals surface area contributed by atoms with Crippen LogP contribution in [0, 0.1) is 0 Å². The van der Waals surface area contributed by atoms with E-state index in [-0.39, 0.29) is 0 Å². The van der Waals surface area contributed by atoms with Gasteiger partial charge in [-0.3, -0.25) is 0 Å². The summed E-state index contributed by atoms with van der Waals surface area (Å²) in [6.07, 6.45) is 6.29. The predicted octanol–water partition coefficient (Wildman–Crippen LogP) is 3.21. The molecule has 1 aliphatic carbocycles. The topological polar surface area (TPSA) is 31.4 Å². The van der Waals surface area contributed by atoms with Crippen molar-refractivity contribution >= 4 is 17.2 Å². The molecule has 1 aromatic rings. The highest BCUT2D eigenvalue weighted by atomic mass is 35.5. The molecule has 0 saturated heterocycles. The van der Waals surface area contributed by atoms with Crippen molar-refractivity contribution in [1.29, 1.82) is 0 Å². The zero-order valence-electron chi connectivity index (χ0n) is 8.57. The Morgan fingerprint density at radius 1 is 1.38 bits per heavy atom. The second-order valence-corrected chi connectivity index (χ2v) is 4.25. The standard InChI is InChI=1S/C12H10ClNO2/c1-8-2-4-12(15-6-7-16-12)10-9(8)3-5-14-11(10)13/h3,5-7H,1-2,4H2. The lowest BCUT2D eigenvalue weighted by molar-refractivity contribution is -0.156. The number of allylic oxidation sites excluding steroid dienone is 1. The fourth-order valence-electron chi connectivity index (χ4n) is 2.21. The third-order valence-electron chi connectivity index (χ3n) is 2.99. The van der Waals surface area contributed by atoms with Crippen LogP contribution in [0.1, 0.15) is 24.0 Å². The van der Waals surface area contributed by atoms with Crippen LogP contribution in [0.2, 0.25) is 5.15 Å². The molecule has 4 heteroatoms. The van der Waals surface area contributed by atoms with Crippen molar-refractivity contribution in [3.05, 3.63) is 47.6 Å². The Morgan fingerprint density at radius 3 is 2.88 bits per heavy atom. The summed E-state index contributed by atoms with van der Waals surface area (Å²) in [7, 11) is 0. The molecular formula is C12H10ClNO2. The molecule has 0 atom stereocenters. The normalized spacial score (nSPS) is 20.4. The van der Waals surface area contributed by atoms with Gasteiger partial charge in [-0.05, 0) is 23.6 Å². The highest BCUT2D eigenvalue weighted by Gasteiger charge is 2.45. The molecule has 0 fully saturated rings. The summed E-state index contributed by atoms with van der Waals surface area (Å²) < 4.78 is 11.1. The molecule has 3 nitrogen and oxygen atoms in total. The molecule has 0 aromatic carbocycles. The van der Waals surface area contributed by atoms with E-state index in [1.807, 2.05) is 6.07 Å². The highest BCUT2D eigenvalue weighted by molar-refractivity contribution is 6.30. The number of hydrogen-bond donors (Lipinski definition) is 0. The predicted molar refractivity (Wildman–Crippen MR) is 60.5 cm³/mol. The number of rotatable bonds is 0. The number of nitrogens with zero attached hydrogens (tertiary/aromatic N) is 1. The minimum Gasteiger partial charge on any atom is -0.453 e. The van der Waals surface area contributed by atoms with Crippen molar-refractivity contribution in [3.63, 3.8) is 0 Å². The van der Waals surface area contributed by atoms with Crippen molar-refractivity contribution in [1.82, 2.24) is 4.98 Å². The zero-order chi connectivity index (χ0) is 11.2. The van der Waals surface area contributed by atoms with Gasteiger partial charge in [0.2, 0.25) is 0 Å². The second kappa shape index (κ2) is 3.25. The smallest absolute Gasteiger partial charge is 0.280 e. The van der Waals surface area contributed by atoms with E-state index in [4.69, 9.17) is 21.1 Å². The minimum absolute atomic E-state index is 0.419. The van der Waals surface area contributed by atoms with Crippen molar-refractivity contribution in [2.45, 2.75) is 18.6 Å². The van der Waals surface area contributed by atoms with Gasteiger partial charge in [0.05, 0.1) is 5.56 Å². The Balaban J connectivity index is 2.23. The number of aromatic nitrogens is 1. The van der Waals surface area contributed by atoms with Crippen LogP contribution in [-0.2, 0) is 15.3 Å². The van der Waals surface area contributed by atoms with E-state index in [1.54, 1.807) is 18.7 Å². The van der Waals surface area contributed by atoms with E-state index < -0.39 is 5.79 Å². The molecule has 1 spiro atoms. The van der Waals surface area contributed by atoms with E-state index in [0.29, 0.717) is 11.6 Å². The summed E-state index contributed by atoms with van der Waals surface area (Å²) in [5.41, 5.74) is 2.82. The number of hydrogen-bond acceptors (Lipinski definition) is 3. The van der Waals surface area contributed by atoms with Gasteiger partial charge in [-0.1, -0.05) is 18.2 Å². The lowest BCUT2D eigenvalue weighted by atomic mass is 9.85. The lowest BCUT2D eigenvalue weighted by Gasteiger charge is -2.34. The summed E-state index contributed by atoms with van der Waals surface area (Å²) in [4.78, 5) is 4.08. The number of halogens is 1. The van der Waals surface area contributed by atoms with Gasteiger partial charge >= 0.3 is 0 Å². The molecule has 1 aromatic heterocycles. The summed E-state index contributed by atoms with van der Waals surface area (Å²) in [6, 6.07) is 1.90. The van der Waals surface area contributed by atoms with E-state index >= 15 is 0 Å². The Labute approximate surface area is 98.3 Å². The van der Waals surface area contributed by atoms with Crippen molar-refractivity contribution < 1.29 is 9.47 Å². The molecule has 16 heavy (non-hydrogen) atoms. The first-order valence-corrected chi connectivity index (χ1v) is 5.44. The number of fused-ring (bicyclic) bond motifs is 2. The van der Waals surface area contributed by atoms with Crippen LogP contribution in [0.15, 0.2) is 31.4 Å². The van der Waals surface area contributed by atoms with Crippen LogP contribution < -0.4 is 0 Å². The van der Waals surface area contributed by atoms with E-state index in [9.17, 15) is 0 Å². The van der Waals surface area contributed by atoms with E-state index in [2.05, 4.69) is 11.6 Å². The largest absolute Gasteiger partial charge is 0.453 e. The lowest BCUT2D eigenvalue weighted by Crippen LogP contribution is -2.32. The van der Waals surface area contributed by atoms with E-state index in [1.165, 1.54) is 0 Å². The summed E-state index contributed by atoms with van der Waals surface area (Å²) in [5, 5.41) is 0.419. The van der Waals surface area contributed by atoms with Gasteiger partial charge in [0.25, 0.3) is 5.79 Å². The van der Waals surface area contributed by atoms with Crippen molar-refractivity contribution in [3.8, 4) is 0 Å². The average molecular weight is 236 g/mol. The van der Waals surface area contributed by atoms with Crippen LogP contribution in [0.4, 0.5) is 0 Å². The maximum Gasteiger partial charge on any atom is 0.280 e. The molecule has 1 aliphatic heterocycles. The van der Waals surface area contributed by atoms with Gasteiger partial charge in [0, 0.05) is 12.6 Å². The van der Waals surface area contributed by atoms with Crippen molar-refractivity contribution in [2.24, 2.45) is 0 Å². The Bertz CT molecular complexity index is 488. The van der Waals surface area contributed by atoms with Crippen LogP contribution >= 0.6 is 11.6 Å². The summed E-state index contributed by atoms with van der Waals surface area (Å²) in [5.74, 6) is -0.790. The van der Waals surface area contributed by atoms with Gasteiger partial charge in [-0.25, -0.2) is 4.98 Å². The average Bonchev–Trinajstić information content (AvgIpc) is 2.74. The molecule has 0 N–H and O–H groups in total. The summed E-state index contributed by atoms with van der Waals surface area (Å²) in [6.45, 7) is 4.03. The molecule has 2 heterocycles. The van der Waals surface area contributed by atoms with Gasteiger partial charge in [-0.2, -0.15) is 0 Å². The first kappa shape index (κ1) is 9.73. The molecule has 82 valence electrons. The third kappa shape index (κ3) is 1.18. The molecule has 0 unspecified atom stereocenters. The highest BCUT2D eigenvalue weighted by Crippen LogP contribution is 2.47. The number of ether oxygens (including phenoxy) is 2. The molecule has 0 radical (unpaired) electrons. The maximum atomic E-state index is 6.14. The molecular weight excluding hydrogens is 226 g/mol. The van der Waals surface area contributed by atoms with Gasteiger partial charge in [-0.15, -0.1) is 0 Å². The van der Waals surface area contributed by atoms with Gasteiger partial charge in [0.15, 0.2) is 0 Å². The SMILES string of the molecule is C=C1CCC2(OC=CO2)c2c1ccnc2Cl. The Kier molecular flexibility index (Phi) is 1.98. The van der Waals surface area contributed by atoms with Crippen LogP contribution in [-0.4, -0.2) is 4.98 Å². The quantitative estimate of drug-likeness (QED) is 0.647. The maximum absolute atomic E-state index is 6.14. The summed E-state index contributed by atoms with van der Waals surface area (Å²) >= 11 is 6.14. The third-order valence-corrected chi connectivity index (χ3v) is 3.28. The van der Waals surface area contributed by atoms with Gasteiger partial charge in [0.1, 0.15) is 17.7 Å². The molecule has 2 aliphatic rings. The van der Waals surface area contributed by atoms with Crippen LogP contribution in [0.3, 0.4) is 0 Å². The first-order chi connectivity index (χ1) is 7.73. The van der Waals surface area contributed by atoms with E-state index in [0.717, 1.165) is 23.1 Å². The Morgan fingerprint density at radius 2 is 2.12 bits per heavy atom. The number of pyridine rings is 1. The Hall–Kier alpha value is -1.48. The monoisotopic (exact) mass is 235 g/mol.